The number of hydroxylamine groups is 1. The molecule has 0 fully saturated rings. The number of carbonyl (C=O) groups is 1. The molecule has 0 bridgehead atoms. The SMILES string of the molecule is Cc1cccc(CONC(=O)C2CCc3cccnc32)n1. The molecule has 108 valence electrons. The summed E-state index contributed by atoms with van der Waals surface area (Å²) in [5.74, 6) is -0.355. The molecule has 1 aliphatic carbocycles. The third-order valence-corrected chi connectivity index (χ3v) is 3.61. The molecule has 0 spiro atoms. The van der Waals surface area contributed by atoms with Gasteiger partial charge in [0.05, 0.1) is 17.3 Å². The highest BCUT2D eigenvalue weighted by Crippen LogP contribution is 2.30. The number of nitrogens with zero attached hydrogens (tertiary/aromatic N) is 2. The average molecular weight is 283 g/mol. The van der Waals surface area contributed by atoms with Crippen molar-refractivity contribution in [3.05, 3.63) is 59.2 Å². The number of hydrogen-bond acceptors (Lipinski definition) is 4. The van der Waals surface area contributed by atoms with Crippen molar-refractivity contribution in [3.8, 4) is 0 Å². The number of amides is 1. The van der Waals surface area contributed by atoms with Crippen LogP contribution < -0.4 is 5.48 Å². The standard InChI is InChI=1S/C16H17N3O2/c1-11-4-2-6-13(18-11)10-21-19-16(20)14-8-7-12-5-3-9-17-15(12)14/h2-6,9,14H,7-8,10H2,1H3,(H,19,20). The molecular weight excluding hydrogens is 266 g/mol. The molecular formula is C16H17N3O2. The van der Waals surface area contributed by atoms with Gasteiger partial charge in [0.25, 0.3) is 5.91 Å². The second-order valence-electron chi connectivity index (χ2n) is 5.16. The van der Waals surface area contributed by atoms with E-state index in [0.717, 1.165) is 35.5 Å². The monoisotopic (exact) mass is 283 g/mol. The van der Waals surface area contributed by atoms with E-state index in [1.54, 1.807) is 6.20 Å². The normalized spacial score (nSPS) is 16.5. The minimum Gasteiger partial charge on any atom is -0.272 e. The van der Waals surface area contributed by atoms with Crippen LogP contribution >= 0.6 is 0 Å². The van der Waals surface area contributed by atoms with Gasteiger partial charge in [-0.3, -0.25) is 19.6 Å². The number of fused-ring (bicyclic) bond motifs is 1. The fraction of sp³-hybridized carbons (Fsp3) is 0.312. The molecule has 1 atom stereocenters. The van der Waals surface area contributed by atoms with Gasteiger partial charge >= 0.3 is 0 Å². The van der Waals surface area contributed by atoms with Gasteiger partial charge in [-0.25, -0.2) is 5.48 Å². The molecule has 0 saturated carbocycles. The zero-order chi connectivity index (χ0) is 14.7. The number of pyridine rings is 2. The fourth-order valence-electron chi connectivity index (χ4n) is 2.60. The lowest BCUT2D eigenvalue weighted by Gasteiger charge is -2.11. The first-order valence-electron chi connectivity index (χ1n) is 7.02. The van der Waals surface area contributed by atoms with E-state index in [4.69, 9.17) is 4.84 Å². The van der Waals surface area contributed by atoms with Crippen LogP contribution in [0.15, 0.2) is 36.5 Å². The number of carbonyl (C=O) groups excluding carboxylic acids is 1. The first kappa shape index (κ1) is 13.7. The Morgan fingerprint density at radius 3 is 3.14 bits per heavy atom. The van der Waals surface area contributed by atoms with Gasteiger partial charge in [0.2, 0.25) is 0 Å². The Morgan fingerprint density at radius 1 is 1.38 bits per heavy atom. The second kappa shape index (κ2) is 6.01. The van der Waals surface area contributed by atoms with Crippen LogP contribution in [0.2, 0.25) is 0 Å². The molecule has 0 aliphatic heterocycles. The van der Waals surface area contributed by atoms with Crippen LogP contribution in [-0.4, -0.2) is 15.9 Å². The molecule has 1 aliphatic rings. The summed E-state index contributed by atoms with van der Waals surface area (Å²) in [6, 6.07) is 9.63. The molecule has 2 aromatic heterocycles. The van der Waals surface area contributed by atoms with Crippen molar-refractivity contribution in [2.75, 3.05) is 0 Å². The molecule has 1 N–H and O–H groups in total. The van der Waals surface area contributed by atoms with Gasteiger partial charge in [0, 0.05) is 11.9 Å². The number of rotatable bonds is 4. The maximum atomic E-state index is 12.2. The molecule has 3 rings (SSSR count). The van der Waals surface area contributed by atoms with Crippen LogP contribution in [0, 0.1) is 6.92 Å². The Kier molecular flexibility index (Phi) is 3.92. The van der Waals surface area contributed by atoms with E-state index in [9.17, 15) is 4.79 Å². The largest absolute Gasteiger partial charge is 0.272 e. The van der Waals surface area contributed by atoms with Gasteiger partial charge < -0.3 is 0 Å². The summed E-state index contributed by atoms with van der Waals surface area (Å²) in [7, 11) is 0. The van der Waals surface area contributed by atoms with E-state index in [-0.39, 0.29) is 18.4 Å². The Bertz CT molecular complexity index is 657. The van der Waals surface area contributed by atoms with Crippen molar-refractivity contribution in [2.24, 2.45) is 0 Å². The fourth-order valence-corrected chi connectivity index (χ4v) is 2.60. The highest BCUT2D eigenvalue weighted by Gasteiger charge is 2.29. The summed E-state index contributed by atoms with van der Waals surface area (Å²) in [4.78, 5) is 26.1. The molecule has 1 unspecified atom stereocenters. The maximum absolute atomic E-state index is 12.2. The molecule has 0 aromatic carbocycles. The first-order valence-corrected chi connectivity index (χ1v) is 7.02. The summed E-state index contributed by atoms with van der Waals surface area (Å²) < 4.78 is 0. The number of aromatic nitrogens is 2. The Morgan fingerprint density at radius 2 is 2.29 bits per heavy atom. The van der Waals surface area contributed by atoms with Crippen molar-refractivity contribution in [3.63, 3.8) is 0 Å². The minimum atomic E-state index is -0.216. The molecule has 5 heteroatoms. The predicted molar refractivity (Wildman–Crippen MR) is 77.2 cm³/mol. The topological polar surface area (TPSA) is 64.1 Å². The highest BCUT2D eigenvalue weighted by molar-refractivity contribution is 5.83. The van der Waals surface area contributed by atoms with E-state index in [2.05, 4.69) is 15.4 Å². The molecule has 21 heavy (non-hydrogen) atoms. The Balaban J connectivity index is 1.56. The van der Waals surface area contributed by atoms with E-state index in [0.29, 0.717) is 0 Å². The number of hydrogen-bond donors (Lipinski definition) is 1. The van der Waals surface area contributed by atoms with Gasteiger partial charge in [0.15, 0.2) is 0 Å². The molecule has 0 saturated heterocycles. The molecule has 2 heterocycles. The zero-order valence-corrected chi connectivity index (χ0v) is 11.9. The lowest BCUT2D eigenvalue weighted by Crippen LogP contribution is -2.29. The smallest absolute Gasteiger partial charge is 0.252 e. The van der Waals surface area contributed by atoms with Crippen LogP contribution in [0.25, 0.3) is 0 Å². The summed E-state index contributed by atoms with van der Waals surface area (Å²) in [6.45, 7) is 2.18. The van der Waals surface area contributed by atoms with Crippen LogP contribution in [0.1, 0.15) is 35.0 Å². The highest BCUT2D eigenvalue weighted by atomic mass is 16.6. The van der Waals surface area contributed by atoms with Gasteiger partial charge in [-0.1, -0.05) is 12.1 Å². The van der Waals surface area contributed by atoms with Crippen molar-refractivity contribution in [1.29, 1.82) is 0 Å². The second-order valence-corrected chi connectivity index (χ2v) is 5.16. The van der Waals surface area contributed by atoms with Crippen molar-refractivity contribution in [2.45, 2.75) is 32.3 Å². The summed E-state index contributed by atoms with van der Waals surface area (Å²) in [5.41, 5.74) is 6.25. The van der Waals surface area contributed by atoms with Crippen LogP contribution in [0.3, 0.4) is 0 Å². The lowest BCUT2D eigenvalue weighted by atomic mass is 10.1. The maximum Gasteiger partial charge on any atom is 0.252 e. The van der Waals surface area contributed by atoms with Gasteiger partial charge in [-0.05, 0) is 43.5 Å². The zero-order valence-electron chi connectivity index (χ0n) is 11.9. The summed E-state index contributed by atoms with van der Waals surface area (Å²) in [5, 5.41) is 0. The van der Waals surface area contributed by atoms with E-state index in [1.807, 2.05) is 37.3 Å². The quantitative estimate of drug-likeness (QED) is 0.872. The van der Waals surface area contributed by atoms with Gasteiger partial charge in [0.1, 0.15) is 6.61 Å². The first-order chi connectivity index (χ1) is 10.2. The minimum absolute atomic E-state index is 0.139. The average Bonchev–Trinajstić information content (AvgIpc) is 2.91. The van der Waals surface area contributed by atoms with Crippen molar-refractivity contribution >= 4 is 5.91 Å². The van der Waals surface area contributed by atoms with Crippen molar-refractivity contribution < 1.29 is 9.63 Å². The lowest BCUT2D eigenvalue weighted by molar-refractivity contribution is -0.136. The third-order valence-electron chi connectivity index (χ3n) is 3.61. The summed E-state index contributed by atoms with van der Waals surface area (Å²) in [6.07, 6.45) is 3.40. The van der Waals surface area contributed by atoms with Crippen LogP contribution in [-0.2, 0) is 22.7 Å². The van der Waals surface area contributed by atoms with Crippen molar-refractivity contribution in [1.82, 2.24) is 15.4 Å². The van der Waals surface area contributed by atoms with Crippen LogP contribution in [0.5, 0.6) is 0 Å². The van der Waals surface area contributed by atoms with Gasteiger partial charge in [-0.15, -0.1) is 0 Å². The number of nitrogens with one attached hydrogen (secondary N) is 1. The molecule has 2 aromatic rings. The van der Waals surface area contributed by atoms with Crippen LogP contribution in [0.4, 0.5) is 0 Å². The predicted octanol–water partition coefficient (Wildman–Crippen LogP) is 2.06. The molecule has 5 nitrogen and oxygen atoms in total. The Hall–Kier alpha value is -2.27. The third kappa shape index (κ3) is 3.08. The molecule has 0 radical (unpaired) electrons. The van der Waals surface area contributed by atoms with E-state index in [1.165, 1.54) is 0 Å². The van der Waals surface area contributed by atoms with E-state index >= 15 is 0 Å². The summed E-state index contributed by atoms with van der Waals surface area (Å²) >= 11 is 0. The Labute approximate surface area is 123 Å². The molecule has 1 amide bonds. The van der Waals surface area contributed by atoms with E-state index < -0.39 is 0 Å². The number of aryl methyl sites for hydroxylation is 2. The van der Waals surface area contributed by atoms with Gasteiger partial charge in [-0.2, -0.15) is 0 Å².